The Morgan fingerprint density at radius 1 is 0.955 bits per heavy atom. The maximum Gasteiger partial charge on any atom is 0.433 e. The van der Waals surface area contributed by atoms with Crippen molar-refractivity contribution in [2.75, 3.05) is 17.7 Å². The molecule has 0 saturated carbocycles. The van der Waals surface area contributed by atoms with Gasteiger partial charge < -0.3 is 20.7 Å². The first-order chi connectivity index (χ1) is 20.8. The molecule has 2 amide bonds. The van der Waals surface area contributed by atoms with Crippen LogP contribution < -0.4 is 20.7 Å². The number of alkyl halides is 3. The summed E-state index contributed by atoms with van der Waals surface area (Å²) in [6, 6.07) is 16.9. The van der Waals surface area contributed by atoms with Gasteiger partial charge in [-0.15, -0.1) is 0 Å². The molecule has 0 saturated heterocycles. The van der Waals surface area contributed by atoms with Gasteiger partial charge in [0.15, 0.2) is 5.75 Å². The van der Waals surface area contributed by atoms with Gasteiger partial charge in [0.2, 0.25) is 5.91 Å². The van der Waals surface area contributed by atoms with Crippen molar-refractivity contribution in [1.29, 1.82) is 0 Å². The first-order valence-electron chi connectivity index (χ1n) is 13.3. The number of halogens is 3. The lowest BCUT2D eigenvalue weighted by molar-refractivity contribution is -0.385. The zero-order valence-electron chi connectivity index (χ0n) is 23.7. The number of methoxy groups -OCH3 is 1. The predicted molar refractivity (Wildman–Crippen MR) is 157 cm³/mol. The van der Waals surface area contributed by atoms with E-state index in [1.165, 1.54) is 19.2 Å². The molecule has 0 bridgehead atoms. The summed E-state index contributed by atoms with van der Waals surface area (Å²) in [6.07, 6.45) is -3.48. The zero-order valence-corrected chi connectivity index (χ0v) is 23.7. The molecule has 5 rings (SSSR count). The van der Waals surface area contributed by atoms with Crippen molar-refractivity contribution in [3.63, 3.8) is 0 Å². The van der Waals surface area contributed by atoms with Crippen LogP contribution in [0.5, 0.6) is 5.75 Å². The summed E-state index contributed by atoms with van der Waals surface area (Å²) in [5, 5.41) is 20.2. The first-order valence-corrected chi connectivity index (χ1v) is 13.3. The van der Waals surface area contributed by atoms with E-state index >= 15 is 0 Å². The standard InChI is InChI=1S/C31H26F3N5O5/c1-30(2,29(41)36-16-17-4-11-27(35-15-17)31(32,33)34)20-7-9-22-24(14-20)38-28(40)21-8-5-18(12-23(21)37-22)19-6-10-25(39(42)43)26(13-19)44-3/h4-15,37H,16H2,1-3H3,(H,36,41)(H,38,40). The number of benzene rings is 3. The summed E-state index contributed by atoms with van der Waals surface area (Å²) in [6.45, 7) is 3.37. The molecule has 13 heteroatoms. The number of hydrogen-bond acceptors (Lipinski definition) is 7. The van der Waals surface area contributed by atoms with E-state index in [1.54, 1.807) is 62.4 Å². The summed E-state index contributed by atoms with van der Waals surface area (Å²) >= 11 is 0. The summed E-state index contributed by atoms with van der Waals surface area (Å²) in [4.78, 5) is 40.5. The van der Waals surface area contributed by atoms with E-state index in [4.69, 9.17) is 4.74 Å². The van der Waals surface area contributed by atoms with Crippen LogP contribution in [0.3, 0.4) is 0 Å². The lowest BCUT2D eigenvalue weighted by Gasteiger charge is -2.25. The summed E-state index contributed by atoms with van der Waals surface area (Å²) in [5.74, 6) is -0.654. The average Bonchev–Trinajstić information content (AvgIpc) is 3.13. The number of fused-ring (bicyclic) bond motifs is 2. The molecule has 1 aliphatic rings. The number of nitrogens with zero attached hydrogens (tertiary/aromatic N) is 2. The third-order valence-corrected chi connectivity index (χ3v) is 7.37. The maximum absolute atomic E-state index is 13.2. The van der Waals surface area contributed by atoms with E-state index in [9.17, 15) is 32.9 Å². The van der Waals surface area contributed by atoms with Gasteiger partial charge in [-0.3, -0.25) is 24.7 Å². The van der Waals surface area contributed by atoms with Gasteiger partial charge in [0.05, 0.1) is 40.1 Å². The number of nitro groups is 1. The molecule has 44 heavy (non-hydrogen) atoms. The molecule has 0 unspecified atom stereocenters. The summed E-state index contributed by atoms with van der Waals surface area (Å²) in [7, 11) is 1.35. The Balaban J connectivity index is 1.36. The SMILES string of the molecule is COc1cc(-c2ccc3c(c2)Nc2ccc(C(C)(C)C(=O)NCc4ccc(C(F)(F)F)nc4)cc2NC3=O)ccc1[N+](=O)[O-]. The Hall–Kier alpha value is -5.46. The van der Waals surface area contributed by atoms with Crippen LogP contribution in [0, 0.1) is 10.1 Å². The fraction of sp³-hybridized carbons (Fsp3) is 0.194. The van der Waals surface area contributed by atoms with Gasteiger partial charge in [0.25, 0.3) is 5.91 Å². The van der Waals surface area contributed by atoms with Crippen LogP contribution >= 0.6 is 0 Å². The van der Waals surface area contributed by atoms with E-state index in [0.717, 1.165) is 12.3 Å². The minimum atomic E-state index is -4.55. The van der Waals surface area contributed by atoms with Crippen molar-refractivity contribution < 1.29 is 32.4 Å². The Kier molecular flexibility index (Phi) is 7.72. The molecule has 4 aromatic rings. The van der Waals surface area contributed by atoms with Crippen LogP contribution in [0.4, 0.5) is 35.9 Å². The zero-order chi connectivity index (χ0) is 31.8. The highest BCUT2D eigenvalue weighted by Crippen LogP contribution is 2.39. The number of carbonyl (C=O) groups is 2. The number of hydrogen-bond donors (Lipinski definition) is 3. The predicted octanol–water partition coefficient (Wildman–Crippen LogP) is 6.59. The van der Waals surface area contributed by atoms with Crippen LogP contribution in [-0.2, 0) is 22.9 Å². The van der Waals surface area contributed by atoms with E-state index in [1.807, 2.05) is 0 Å². The van der Waals surface area contributed by atoms with Crippen LogP contribution in [0.2, 0.25) is 0 Å². The van der Waals surface area contributed by atoms with Gasteiger partial charge >= 0.3 is 11.9 Å². The fourth-order valence-corrected chi connectivity index (χ4v) is 4.74. The van der Waals surface area contributed by atoms with Gasteiger partial charge in [-0.05, 0) is 78.6 Å². The second-order valence-corrected chi connectivity index (χ2v) is 10.6. The Morgan fingerprint density at radius 3 is 2.34 bits per heavy atom. The third kappa shape index (κ3) is 5.89. The number of rotatable bonds is 7. The van der Waals surface area contributed by atoms with Crippen molar-refractivity contribution in [1.82, 2.24) is 10.3 Å². The van der Waals surface area contributed by atoms with E-state index < -0.39 is 22.2 Å². The smallest absolute Gasteiger partial charge is 0.433 e. The van der Waals surface area contributed by atoms with Crippen molar-refractivity contribution in [3.8, 4) is 16.9 Å². The lowest BCUT2D eigenvalue weighted by Crippen LogP contribution is -2.39. The molecule has 3 aromatic carbocycles. The Labute approximate surface area is 249 Å². The summed E-state index contributed by atoms with van der Waals surface area (Å²) < 4.78 is 43.5. The van der Waals surface area contributed by atoms with Crippen molar-refractivity contribution in [2.24, 2.45) is 0 Å². The highest BCUT2D eigenvalue weighted by molar-refractivity contribution is 6.12. The van der Waals surface area contributed by atoms with Crippen LogP contribution in [0.1, 0.15) is 41.0 Å². The quantitative estimate of drug-likeness (QED) is 0.160. The minimum absolute atomic E-state index is 0.0189. The molecule has 226 valence electrons. The van der Waals surface area contributed by atoms with Crippen molar-refractivity contribution >= 4 is 34.6 Å². The van der Waals surface area contributed by atoms with Crippen LogP contribution in [0.25, 0.3) is 11.1 Å². The maximum atomic E-state index is 13.2. The minimum Gasteiger partial charge on any atom is -0.490 e. The number of anilines is 3. The highest BCUT2D eigenvalue weighted by atomic mass is 19.4. The molecule has 0 atom stereocenters. The van der Waals surface area contributed by atoms with Crippen LogP contribution in [0.15, 0.2) is 72.9 Å². The number of amides is 2. The first kappa shape index (κ1) is 30.0. The van der Waals surface area contributed by atoms with E-state index in [-0.39, 0.29) is 29.8 Å². The molecule has 10 nitrogen and oxygen atoms in total. The molecule has 1 aromatic heterocycles. The topological polar surface area (TPSA) is 135 Å². The molecule has 0 fully saturated rings. The molecule has 0 radical (unpaired) electrons. The number of carbonyl (C=O) groups excluding carboxylic acids is 2. The van der Waals surface area contributed by atoms with Crippen molar-refractivity contribution in [3.05, 3.63) is 105 Å². The molecular weight excluding hydrogens is 579 g/mol. The second kappa shape index (κ2) is 11.3. The van der Waals surface area contributed by atoms with Gasteiger partial charge in [-0.2, -0.15) is 13.2 Å². The number of pyridine rings is 1. The normalized spacial score (nSPS) is 12.6. The van der Waals surface area contributed by atoms with Crippen LogP contribution in [-0.4, -0.2) is 28.8 Å². The molecule has 1 aliphatic heterocycles. The Bertz CT molecular complexity index is 1790. The second-order valence-electron chi connectivity index (χ2n) is 10.6. The van der Waals surface area contributed by atoms with Gasteiger partial charge in [0.1, 0.15) is 5.69 Å². The number of aromatic nitrogens is 1. The van der Waals surface area contributed by atoms with Gasteiger partial charge in [-0.1, -0.05) is 18.2 Å². The molecule has 3 N–H and O–H groups in total. The summed E-state index contributed by atoms with van der Waals surface area (Å²) in [5.41, 5.74) is 1.97. The fourth-order valence-electron chi connectivity index (χ4n) is 4.74. The molecule has 0 aliphatic carbocycles. The number of nitro benzene ring substituents is 1. The lowest BCUT2D eigenvalue weighted by atomic mass is 9.83. The largest absolute Gasteiger partial charge is 0.490 e. The number of ether oxygens (including phenoxy) is 1. The number of nitrogens with one attached hydrogen (secondary N) is 3. The monoisotopic (exact) mass is 605 g/mol. The van der Waals surface area contributed by atoms with E-state index in [0.29, 0.717) is 44.9 Å². The van der Waals surface area contributed by atoms with Crippen molar-refractivity contribution in [2.45, 2.75) is 32.0 Å². The highest BCUT2D eigenvalue weighted by Gasteiger charge is 2.33. The molecule has 0 spiro atoms. The van der Waals surface area contributed by atoms with E-state index in [2.05, 4.69) is 20.9 Å². The molecule has 2 heterocycles. The molecular formula is C31H26F3N5O5. The average molecular weight is 606 g/mol. The van der Waals surface area contributed by atoms with Gasteiger partial charge in [-0.25, -0.2) is 0 Å². The third-order valence-electron chi connectivity index (χ3n) is 7.37. The Morgan fingerprint density at radius 2 is 1.68 bits per heavy atom. The van der Waals surface area contributed by atoms with Gasteiger partial charge in [0, 0.05) is 18.8 Å².